The maximum Gasteiger partial charge on any atom is 0.0891 e. The number of nitrogens with zero attached hydrogens (tertiary/aromatic N) is 4. The largest absolute Gasteiger partial charge is 0.261 e. The normalized spacial score (nSPS) is 10.2. The lowest BCUT2D eigenvalue weighted by molar-refractivity contribution is 1.19. The van der Waals surface area contributed by atoms with Crippen LogP contribution >= 0.6 is 0 Å². The number of benzene rings is 1. The molecule has 0 atom stereocenters. The number of rotatable bonds is 2. The van der Waals surface area contributed by atoms with Gasteiger partial charge in [0.05, 0.1) is 23.8 Å². The molecule has 3 aromatic rings. The standard InChI is InChI=1S/C14H10N4/c1-2-4-12(14-10-16-6-8-18-14)11(3-1)13-9-15-5-7-17-13/h1-10H. The summed E-state index contributed by atoms with van der Waals surface area (Å²) in [6.45, 7) is 0. The minimum atomic E-state index is 0.832. The van der Waals surface area contributed by atoms with Crippen molar-refractivity contribution in [2.24, 2.45) is 0 Å². The average Bonchev–Trinajstić information content (AvgIpc) is 2.49. The lowest BCUT2D eigenvalue weighted by Crippen LogP contribution is -1.90. The van der Waals surface area contributed by atoms with E-state index in [2.05, 4.69) is 19.9 Å². The molecule has 0 bridgehead atoms. The highest BCUT2D eigenvalue weighted by atomic mass is 14.8. The zero-order chi connectivity index (χ0) is 12.2. The van der Waals surface area contributed by atoms with E-state index in [-0.39, 0.29) is 0 Å². The summed E-state index contributed by atoms with van der Waals surface area (Å²) in [6, 6.07) is 7.97. The van der Waals surface area contributed by atoms with Gasteiger partial charge in [-0.3, -0.25) is 19.9 Å². The van der Waals surface area contributed by atoms with Crippen LogP contribution in [0.3, 0.4) is 0 Å². The SMILES string of the molecule is c1ccc(-c2cnccn2)c(-c2cnccn2)c1. The van der Waals surface area contributed by atoms with Crippen molar-refractivity contribution in [3.8, 4) is 22.5 Å². The summed E-state index contributed by atoms with van der Waals surface area (Å²) >= 11 is 0. The molecule has 86 valence electrons. The van der Waals surface area contributed by atoms with Crippen LogP contribution in [0, 0.1) is 0 Å². The predicted octanol–water partition coefficient (Wildman–Crippen LogP) is 2.60. The Bertz CT molecular complexity index is 580. The summed E-state index contributed by atoms with van der Waals surface area (Å²) in [5.41, 5.74) is 3.68. The zero-order valence-corrected chi connectivity index (χ0v) is 9.56. The lowest BCUT2D eigenvalue weighted by atomic mass is 10.0. The smallest absolute Gasteiger partial charge is 0.0891 e. The van der Waals surface area contributed by atoms with E-state index in [0.717, 1.165) is 22.5 Å². The first-order valence-corrected chi connectivity index (χ1v) is 5.57. The molecule has 2 heterocycles. The highest BCUT2D eigenvalue weighted by molar-refractivity contribution is 5.79. The molecule has 4 heteroatoms. The molecule has 0 amide bonds. The fourth-order valence-corrected chi connectivity index (χ4v) is 1.81. The summed E-state index contributed by atoms with van der Waals surface area (Å²) < 4.78 is 0. The van der Waals surface area contributed by atoms with E-state index >= 15 is 0 Å². The van der Waals surface area contributed by atoms with Crippen molar-refractivity contribution < 1.29 is 0 Å². The first-order valence-electron chi connectivity index (χ1n) is 5.57. The van der Waals surface area contributed by atoms with Gasteiger partial charge in [-0.25, -0.2) is 0 Å². The molecular formula is C14H10N4. The Kier molecular flexibility index (Phi) is 2.75. The van der Waals surface area contributed by atoms with Crippen molar-refractivity contribution in [3.05, 3.63) is 61.4 Å². The number of hydrogen-bond acceptors (Lipinski definition) is 4. The Morgan fingerprint density at radius 1 is 0.611 bits per heavy atom. The molecule has 0 radical (unpaired) electrons. The molecule has 0 N–H and O–H groups in total. The second kappa shape index (κ2) is 4.71. The van der Waals surface area contributed by atoms with Gasteiger partial charge in [-0.15, -0.1) is 0 Å². The maximum absolute atomic E-state index is 4.32. The molecule has 0 aliphatic heterocycles. The fraction of sp³-hybridized carbons (Fsp3) is 0. The molecule has 0 aliphatic carbocycles. The third-order valence-corrected chi connectivity index (χ3v) is 2.61. The molecule has 0 saturated heterocycles. The van der Waals surface area contributed by atoms with Crippen LogP contribution in [0.2, 0.25) is 0 Å². The summed E-state index contributed by atoms with van der Waals surface area (Å²) in [7, 11) is 0. The topological polar surface area (TPSA) is 51.6 Å². The molecule has 0 unspecified atom stereocenters. The van der Waals surface area contributed by atoms with Gasteiger partial charge in [0.1, 0.15) is 0 Å². The zero-order valence-electron chi connectivity index (χ0n) is 9.56. The molecule has 0 aliphatic rings. The highest BCUT2D eigenvalue weighted by Crippen LogP contribution is 2.28. The van der Waals surface area contributed by atoms with Crippen molar-refractivity contribution in [1.29, 1.82) is 0 Å². The van der Waals surface area contributed by atoms with Gasteiger partial charge in [0, 0.05) is 35.9 Å². The van der Waals surface area contributed by atoms with Gasteiger partial charge >= 0.3 is 0 Å². The van der Waals surface area contributed by atoms with E-state index in [1.807, 2.05) is 24.3 Å². The van der Waals surface area contributed by atoms with Crippen LogP contribution in [-0.2, 0) is 0 Å². The minimum absolute atomic E-state index is 0.832. The van der Waals surface area contributed by atoms with Crippen molar-refractivity contribution in [2.45, 2.75) is 0 Å². The van der Waals surface area contributed by atoms with Crippen LogP contribution in [-0.4, -0.2) is 19.9 Å². The van der Waals surface area contributed by atoms with Crippen molar-refractivity contribution >= 4 is 0 Å². The van der Waals surface area contributed by atoms with Gasteiger partial charge in [-0.05, 0) is 0 Å². The third kappa shape index (κ3) is 1.96. The summed E-state index contributed by atoms with van der Waals surface area (Å²) in [6.07, 6.45) is 10.2. The predicted molar refractivity (Wildman–Crippen MR) is 68.5 cm³/mol. The van der Waals surface area contributed by atoms with E-state index in [1.54, 1.807) is 37.2 Å². The van der Waals surface area contributed by atoms with Gasteiger partial charge < -0.3 is 0 Å². The van der Waals surface area contributed by atoms with Gasteiger partial charge in [0.15, 0.2) is 0 Å². The fourth-order valence-electron chi connectivity index (χ4n) is 1.81. The molecule has 18 heavy (non-hydrogen) atoms. The Hall–Kier alpha value is -2.62. The van der Waals surface area contributed by atoms with Gasteiger partial charge in [0.2, 0.25) is 0 Å². The van der Waals surface area contributed by atoms with Crippen LogP contribution < -0.4 is 0 Å². The molecule has 2 aromatic heterocycles. The second-order valence-electron chi connectivity index (χ2n) is 3.73. The molecule has 3 rings (SSSR count). The maximum atomic E-state index is 4.32. The van der Waals surface area contributed by atoms with E-state index in [0.29, 0.717) is 0 Å². The third-order valence-electron chi connectivity index (χ3n) is 2.61. The van der Waals surface area contributed by atoms with Crippen molar-refractivity contribution in [2.75, 3.05) is 0 Å². The Morgan fingerprint density at radius 3 is 1.50 bits per heavy atom. The van der Waals surface area contributed by atoms with E-state index < -0.39 is 0 Å². The molecule has 0 spiro atoms. The van der Waals surface area contributed by atoms with Gasteiger partial charge in [-0.1, -0.05) is 24.3 Å². The first kappa shape index (κ1) is 10.5. The van der Waals surface area contributed by atoms with E-state index in [4.69, 9.17) is 0 Å². The number of aromatic nitrogens is 4. The van der Waals surface area contributed by atoms with Crippen LogP contribution in [0.4, 0.5) is 0 Å². The Morgan fingerprint density at radius 2 is 1.11 bits per heavy atom. The van der Waals surface area contributed by atoms with Crippen molar-refractivity contribution in [3.63, 3.8) is 0 Å². The highest BCUT2D eigenvalue weighted by Gasteiger charge is 2.08. The van der Waals surface area contributed by atoms with Crippen LogP contribution in [0.5, 0.6) is 0 Å². The number of hydrogen-bond donors (Lipinski definition) is 0. The molecule has 0 saturated carbocycles. The quantitative estimate of drug-likeness (QED) is 0.684. The Labute approximate surface area is 104 Å². The molecule has 0 fully saturated rings. The van der Waals surface area contributed by atoms with Gasteiger partial charge in [0.25, 0.3) is 0 Å². The summed E-state index contributed by atoms with van der Waals surface area (Å²) in [5, 5.41) is 0. The Balaban J connectivity index is 2.18. The van der Waals surface area contributed by atoms with Crippen LogP contribution in [0.1, 0.15) is 0 Å². The second-order valence-corrected chi connectivity index (χ2v) is 3.73. The van der Waals surface area contributed by atoms with E-state index in [9.17, 15) is 0 Å². The molecular weight excluding hydrogens is 224 g/mol. The summed E-state index contributed by atoms with van der Waals surface area (Å²) in [5.74, 6) is 0. The molecule has 4 nitrogen and oxygen atoms in total. The minimum Gasteiger partial charge on any atom is -0.261 e. The van der Waals surface area contributed by atoms with Gasteiger partial charge in [-0.2, -0.15) is 0 Å². The van der Waals surface area contributed by atoms with E-state index in [1.165, 1.54) is 0 Å². The first-order chi connectivity index (χ1) is 8.95. The average molecular weight is 234 g/mol. The van der Waals surface area contributed by atoms with Crippen LogP contribution in [0.25, 0.3) is 22.5 Å². The monoisotopic (exact) mass is 234 g/mol. The van der Waals surface area contributed by atoms with Crippen LogP contribution in [0.15, 0.2) is 61.4 Å². The lowest BCUT2D eigenvalue weighted by Gasteiger charge is -2.07. The van der Waals surface area contributed by atoms with Crippen molar-refractivity contribution in [1.82, 2.24) is 19.9 Å². The molecule has 1 aromatic carbocycles. The summed E-state index contributed by atoms with van der Waals surface area (Å²) in [4.78, 5) is 16.8.